The second-order valence-electron chi connectivity index (χ2n) is 14.2. The van der Waals surface area contributed by atoms with Crippen molar-refractivity contribution in [2.24, 2.45) is 5.92 Å². The number of amides is 3. The molecule has 4 heterocycles. The van der Waals surface area contributed by atoms with Crippen LogP contribution in [0.15, 0.2) is 84.9 Å². The summed E-state index contributed by atoms with van der Waals surface area (Å²) in [5.41, 5.74) is 4.48. The quantitative estimate of drug-likeness (QED) is 0.0777. The number of rotatable bonds is 12. The molecule has 10 nitrogen and oxygen atoms in total. The van der Waals surface area contributed by atoms with Crippen LogP contribution in [0.2, 0.25) is 0 Å². The molecule has 4 aromatic carbocycles. The van der Waals surface area contributed by atoms with Gasteiger partial charge < -0.3 is 30.3 Å². The molecule has 0 spiro atoms. The minimum atomic E-state index is -0.607. The van der Waals surface area contributed by atoms with E-state index in [1.165, 1.54) is 29.2 Å². The predicted octanol–water partition coefficient (Wildman–Crippen LogP) is 7.27. The van der Waals surface area contributed by atoms with Crippen molar-refractivity contribution in [3.63, 3.8) is 0 Å². The first-order valence-corrected chi connectivity index (χ1v) is 19.4. The highest BCUT2D eigenvalue weighted by Crippen LogP contribution is 2.47. The largest absolute Gasteiger partial charge is 0.508 e. The Morgan fingerprint density at radius 1 is 0.889 bits per heavy atom. The summed E-state index contributed by atoms with van der Waals surface area (Å²) in [6.45, 7) is 4.90. The van der Waals surface area contributed by atoms with Gasteiger partial charge in [0.05, 0.1) is 4.88 Å². The maximum Gasteiger partial charge on any atom is 0.255 e. The van der Waals surface area contributed by atoms with Gasteiger partial charge in [-0.1, -0.05) is 12.1 Å². The Balaban J connectivity index is 0.771. The number of carbonyl (C=O) groups is 3. The molecule has 8 rings (SSSR count). The molecular weight excluding hydrogens is 706 g/mol. The number of benzene rings is 4. The minimum absolute atomic E-state index is 0.160. The topological polar surface area (TPSA) is 123 Å². The summed E-state index contributed by atoms with van der Waals surface area (Å²) in [4.78, 5) is 41.7. The Hall–Kier alpha value is -5.46. The van der Waals surface area contributed by atoms with E-state index in [0.717, 1.165) is 83.8 Å². The molecular formula is C42H42FN5O5S. The molecule has 1 unspecified atom stereocenters. The van der Waals surface area contributed by atoms with Crippen LogP contribution in [-0.4, -0.2) is 66.5 Å². The number of nitrogens with zero attached hydrogens (tertiary/aromatic N) is 2. The molecule has 0 aliphatic carbocycles. The van der Waals surface area contributed by atoms with E-state index in [9.17, 15) is 23.9 Å². The summed E-state index contributed by atoms with van der Waals surface area (Å²) in [6.07, 6.45) is 4.00. The van der Waals surface area contributed by atoms with Crippen molar-refractivity contribution >= 4 is 50.5 Å². The van der Waals surface area contributed by atoms with Crippen molar-refractivity contribution in [2.45, 2.75) is 44.7 Å². The number of piperidine rings is 2. The van der Waals surface area contributed by atoms with E-state index in [0.29, 0.717) is 35.9 Å². The van der Waals surface area contributed by atoms with E-state index in [1.807, 2.05) is 36.4 Å². The van der Waals surface area contributed by atoms with Gasteiger partial charge in [0.15, 0.2) is 5.75 Å². The van der Waals surface area contributed by atoms with Gasteiger partial charge in [-0.2, -0.15) is 0 Å². The first kappa shape index (κ1) is 35.6. The average molecular weight is 748 g/mol. The molecule has 1 atom stereocenters. The predicted molar refractivity (Wildman–Crippen MR) is 209 cm³/mol. The number of anilines is 2. The van der Waals surface area contributed by atoms with Crippen molar-refractivity contribution in [2.75, 3.05) is 42.9 Å². The molecule has 0 bridgehead atoms. The van der Waals surface area contributed by atoms with Gasteiger partial charge in [-0.3, -0.25) is 19.7 Å². The number of halogens is 1. The number of phenols is 1. The van der Waals surface area contributed by atoms with Crippen LogP contribution in [0.1, 0.15) is 48.0 Å². The number of hydrogen-bond donors (Lipinski definition) is 4. The fourth-order valence-corrected chi connectivity index (χ4v) is 8.86. The van der Waals surface area contributed by atoms with Crippen molar-refractivity contribution in [3.8, 4) is 27.7 Å². The van der Waals surface area contributed by atoms with Crippen molar-refractivity contribution in [1.29, 1.82) is 0 Å². The number of aromatic hydroxyl groups is 1. The summed E-state index contributed by atoms with van der Waals surface area (Å²) >= 11 is 1.51. The summed E-state index contributed by atoms with van der Waals surface area (Å²) < 4.78 is 21.0. The summed E-state index contributed by atoms with van der Waals surface area (Å²) in [5, 5.41) is 20.3. The zero-order valence-corrected chi connectivity index (χ0v) is 30.6. The van der Waals surface area contributed by atoms with Gasteiger partial charge >= 0.3 is 0 Å². The highest BCUT2D eigenvalue weighted by Gasteiger charge is 2.39. The summed E-state index contributed by atoms with van der Waals surface area (Å²) in [5.74, 6) is 1.13. The number of nitrogens with one attached hydrogen (secondary N) is 3. The van der Waals surface area contributed by atoms with Gasteiger partial charge in [-0.25, -0.2) is 4.39 Å². The van der Waals surface area contributed by atoms with Gasteiger partial charge in [0, 0.05) is 66.2 Å². The molecule has 1 aromatic heterocycles. The number of carbonyl (C=O) groups excluding carboxylic acids is 3. The normalized spacial score (nSPS) is 17.6. The Labute approximate surface area is 316 Å². The van der Waals surface area contributed by atoms with Gasteiger partial charge in [0.25, 0.3) is 5.91 Å². The fraction of sp³-hybridized carbons (Fsp3) is 0.310. The molecule has 4 N–H and O–H groups in total. The van der Waals surface area contributed by atoms with Crippen LogP contribution in [-0.2, 0) is 16.1 Å². The third-order valence-electron chi connectivity index (χ3n) is 10.7. The molecule has 3 aliphatic heterocycles. The second kappa shape index (κ2) is 15.5. The Kier molecular flexibility index (Phi) is 10.2. The summed E-state index contributed by atoms with van der Waals surface area (Å²) in [6, 6.07) is 24.9. The second-order valence-corrected chi connectivity index (χ2v) is 15.3. The first-order chi connectivity index (χ1) is 26.3. The molecule has 0 saturated carbocycles. The number of imide groups is 1. The van der Waals surface area contributed by atoms with Gasteiger partial charge in [0.1, 0.15) is 23.4 Å². The van der Waals surface area contributed by atoms with Crippen molar-refractivity contribution in [3.05, 3.63) is 102 Å². The maximum absolute atomic E-state index is 13.7. The molecule has 54 heavy (non-hydrogen) atoms. The smallest absolute Gasteiger partial charge is 0.255 e. The van der Waals surface area contributed by atoms with E-state index >= 15 is 0 Å². The molecule has 0 radical (unpaired) electrons. The van der Waals surface area contributed by atoms with Crippen LogP contribution in [0.3, 0.4) is 0 Å². The Bertz CT molecular complexity index is 2180. The summed E-state index contributed by atoms with van der Waals surface area (Å²) in [7, 11) is 0. The van der Waals surface area contributed by atoms with Gasteiger partial charge in [-0.15, -0.1) is 11.3 Å². The zero-order valence-electron chi connectivity index (χ0n) is 29.8. The lowest BCUT2D eigenvalue weighted by atomic mass is 9.93. The third kappa shape index (κ3) is 7.62. The lowest BCUT2D eigenvalue weighted by Gasteiger charge is -2.33. The first-order valence-electron chi connectivity index (χ1n) is 18.6. The van der Waals surface area contributed by atoms with Crippen LogP contribution in [0.5, 0.6) is 17.2 Å². The zero-order chi connectivity index (χ0) is 37.2. The Morgan fingerprint density at radius 2 is 1.69 bits per heavy atom. The number of phenolic OH excluding ortho intramolecular Hbond substituents is 1. The number of ether oxygens (including phenoxy) is 1. The van der Waals surface area contributed by atoms with Crippen molar-refractivity contribution < 1.29 is 28.6 Å². The van der Waals surface area contributed by atoms with Crippen LogP contribution in [0.25, 0.3) is 20.5 Å². The molecule has 2 saturated heterocycles. The van der Waals surface area contributed by atoms with E-state index < -0.39 is 11.9 Å². The van der Waals surface area contributed by atoms with Crippen LogP contribution < -0.4 is 25.6 Å². The molecule has 278 valence electrons. The average Bonchev–Trinajstić information content (AvgIpc) is 3.69. The SMILES string of the molecule is O=C1CCC(N2Cc3cc(NCCNCCC4CCN(c5ccc(Oc6c(-c7ccc(F)cc7)sc7cc(O)ccc67)cc5)CC4)ccc3C2=O)C(=O)N1. The number of thiophene rings is 1. The maximum atomic E-state index is 13.7. The molecule has 2 fully saturated rings. The van der Waals surface area contributed by atoms with Gasteiger partial charge in [-0.05, 0) is 122 Å². The Morgan fingerprint density at radius 3 is 2.46 bits per heavy atom. The lowest BCUT2D eigenvalue weighted by molar-refractivity contribution is -0.136. The van der Waals surface area contributed by atoms with E-state index in [-0.39, 0.29) is 29.8 Å². The monoisotopic (exact) mass is 747 g/mol. The molecule has 5 aromatic rings. The standard InChI is InChI=1S/C42H42FN5O5S/c43-29-3-1-27(2-4-29)40-39(35-12-8-32(49)24-37(35)54-40)53-33-9-6-31(7-10-33)47-21-16-26(17-22-47)15-18-44-19-20-45-30-5-11-34-28(23-30)25-48(42(34)52)36-13-14-38(50)46-41(36)51/h1-12,23-24,26,36,44-45,49H,13-22,25H2,(H,46,50,51). The van der Waals surface area contributed by atoms with Crippen LogP contribution in [0.4, 0.5) is 15.8 Å². The third-order valence-corrected chi connectivity index (χ3v) is 11.8. The van der Waals surface area contributed by atoms with Gasteiger partial charge in [0.2, 0.25) is 11.8 Å². The van der Waals surface area contributed by atoms with E-state index in [2.05, 4.69) is 33.0 Å². The van der Waals surface area contributed by atoms with Crippen LogP contribution in [0, 0.1) is 11.7 Å². The number of hydrogen-bond acceptors (Lipinski definition) is 9. The van der Waals surface area contributed by atoms with Crippen molar-refractivity contribution in [1.82, 2.24) is 15.5 Å². The minimum Gasteiger partial charge on any atom is -0.508 e. The highest BCUT2D eigenvalue weighted by atomic mass is 32.1. The van der Waals surface area contributed by atoms with E-state index in [4.69, 9.17) is 4.74 Å². The van der Waals surface area contributed by atoms with Crippen LogP contribution >= 0.6 is 11.3 Å². The fourth-order valence-electron chi connectivity index (χ4n) is 7.69. The molecule has 3 amide bonds. The van der Waals surface area contributed by atoms with E-state index in [1.54, 1.807) is 29.2 Å². The number of fused-ring (bicyclic) bond motifs is 2. The lowest BCUT2D eigenvalue weighted by Crippen LogP contribution is -2.52. The molecule has 12 heteroatoms. The molecule has 3 aliphatic rings. The highest BCUT2D eigenvalue weighted by molar-refractivity contribution is 7.22.